The van der Waals surface area contributed by atoms with Gasteiger partial charge in [0.05, 0.1) is 6.26 Å². The highest BCUT2D eigenvalue weighted by atomic mass is 16.3. The van der Waals surface area contributed by atoms with E-state index in [-0.39, 0.29) is 11.6 Å². The molecule has 0 radical (unpaired) electrons. The molecule has 1 heterocycles. The van der Waals surface area contributed by atoms with E-state index in [2.05, 4.69) is 10.6 Å². The Morgan fingerprint density at radius 1 is 1.14 bits per heavy atom. The predicted molar refractivity (Wildman–Crippen MR) is 79.4 cm³/mol. The maximum atomic E-state index is 12.2. The molecule has 0 unspecified atom stereocenters. The Balaban J connectivity index is 2.21. The van der Waals surface area contributed by atoms with Gasteiger partial charge in [-0.2, -0.15) is 0 Å². The summed E-state index contributed by atoms with van der Waals surface area (Å²) in [6.45, 7) is 1.94. The summed E-state index contributed by atoms with van der Waals surface area (Å²) in [7, 11) is 1.50. The molecular weight excluding hydrogens is 268 g/mol. The second-order valence-corrected chi connectivity index (χ2v) is 4.47. The normalized spacial score (nSPS) is 11.0. The van der Waals surface area contributed by atoms with Crippen molar-refractivity contribution in [2.75, 3.05) is 7.05 Å². The fourth-order valence-corrected chi connectivity index (χ4v) is 1.71. The first-order valence-electron chi connectivity index (χ1n) is 6.45. The number of benzene rings is 1. The molecule has 0 saturated carbocycles. The van der Waals surface area contributed by atoms with Crippen LogP contribution in [0.5, 0.6) is 0 Å². The molecule has 0 saturated heterocycles. The van der Waals surface area contributed by atoms with Crippen LogP contribution < -0.4 is 10.6 Å². The highest BCUT2D eigenvalue weighted by Crippen LogP contribution is 2.08. The number of carbonyl (C=O) groups excluding carboxylic acids is 2. The van der Waals surface area contributed by atoms with Crippen LogP contribution >= 0.6 is 0 Å². The van der Waals surface area contributed by atoms with E-state index in [4.69, 9.17) is 4.42 Å². The van der Waals surface area contributed by atoms with Crippen molar-refractivity contribution in [3.05, 3.63) is 65.2 Å². The SMILES string of the molecule is CNC(=O)C(=Cc1ccco1)NC(=O)c1ccc(C)cc1. The number of amides is 2. The van der Waals surface area contributed by atoms with Crippen LogP contribution in [0.1, 0.15) is 21.7 Å². The highest BCUT2D eigenvalue weighted by Gasteiger charge is 2.13. The van der Waals surface area contributed by atoms with Gasteiger partial charge in [0.25, 0.3) is 11.8 Å². The van der Waals surface area contributed by atoms with Gasteiger partial charge < -0.3 is 15.1 Å². The van der Waals surface area contributed by atoms with Crippen LogP contribution in [0.4, 0.5) is 0 Å². The van der Waals surface area contributed by atoms with Gasteiger partial charge in [0, 0.05) is 18.7 Å². The van der Waals surface area contributed by atoms with Crippen molar-refractivity contribution in [3.63, 3.8) is 0 Å². The molecule has 5 nitrogen and oxygen atoms in total. The third-order valence-electron chi connectivity index (χ3n) is 2.86. The third kappa shape index (κ3) is 3.82. The molecule has 0 bridgehead atoms. The fourth-order valence-electron chi connectivity index (χ4n) is 1.71. The molecule has 0 aliphatic rings. The van der Waals surface area contributed by atoms with Crippen molar-refractivity contribution in [2.45, 2.75) is 6.92 Å². The first-order chi connectivity index (χ1) is 10.1. The second kappa shape index (κ2) is 6.56. The summed E-state index contributed by atoms with van der Waals surface area (Å²) >= 11 is 0. The van der Waals surface area contributed by atoms with E-state index in [0.717, 1.165) is 5.56 Å². The zero-order valence-corrected chi connectivity index (χ0v) is 11.8. The maximum Gasteiger partial charge on any atom is 0.267 e. The van der Waals surface area contributed by atoms with Crippen molar-refractivity contribution in [3.8, 4) is 0 Å². The third-order valence-corrected chi connectivity index (χ3v) is 2.86. The van der Waals surface area contributed by atoms with Crippen molar-refractivity contribution in [1.29, 1.82) is 0 Å². The van der Waals surface area contributed by atoms with E-state index >= 15 is 0 Å². The van der Waals surface area contributed by atoms with Crippen LogP contribution in [0.25, 0.3) is 6.08 Å². The van der Waals surface area contributed by atoms with E-state index in [1.165, 1.54) is 19.4 Å². The summed E-state index contributed by atoms with van der Waals surface area (Å²) in [5.41, 5.74) is 1.66. The largest absolute Gasteiger partial charge is 0.465 e. The number of aryl methyl sites for hydroxylation is 1. The molecule has 0 spiro atoms. The number of furan rings is 1. The lowest BCUT2D eigenvalue weighted by atomic mass is 10.1. The summed E-state index contributed by atoms with van der Waals surface area (Å²) in [5, 5.41) is 5.07. The van der Waals surface area contributed by atoms with Crippen LogP contribution in [0.2, 0.25) is 0 Å². The molecule has 2 rings (SSSR count). The first kappa shape index (κ1) is 14.6. The number of hydrogen-bond donors (Lipinski definition) is 2. The zero-order chi connectivity index (χ0) is 15.2. The molecule has 108 valence electrons. The van der Waals surface area contributed by atoms with E-state index in [0.29, 0.717) is 11.3 Å². The van der Waals surface area contributed by atoms with Gasteiger partial charge in [-0.05, 0) is 31.2 Å². The lowest BCUT2D eigenvalue weighted by Crippen LogP contribution is -2.33. The Hall–Kier alpha value is -2.82. The summed E-state index contributed by atoms with van der Waals surface area (Å²) in [4.78, 5) is 24.0. The molecule has 1 aromatic carbocycles. The molecular formula is C16H16N2O3. The summed E-state index contributed by atoms with van der Waals surface area (Å²) < 4.78 is 5.15. The number of rotatable bonds is 4. The van der Waals surface area contributed by atoms with Gasteiger partial charge in [0.15, 0.2) is 0 Å². The molecule has 21 heavy (non-hydrogen) atoms. The Kier molecular flexibility index (Phi) is 4.56. The van der Waals surface area contributed by atoms with Gasteiger partial charge in [0.2, 0.25) is 0 Å². The molecule has 0 aliphatic heterocycles. The lowest BCUT2D eigenvalue weighted by molar-refractivity contribution is -0.117. The summed E-state index contributed by atoms with van der Waals surface area (Å²) in [5.74, 6) is -0.263. The number of carbonyl (C=O) groups is 2. The van der Waals surface area contributed by atoms with Crippen LogP contribution in [-0.4, -0.2) is 18.9 Å². The van der Waals surface area contributed by atoms with Crippen LogP contribution in [0, 0.1) is 6.92 Å². The average molecular weight is 284 g/mol. The maximum absolute atomic E-state index is 12.2. The lowest BCUT2D eigenvalue weighted by Gasteiger charge is -2.08. The van der Waals surface area contributed by atoms with Crippen LogP contribution in [0.15, 0.2) is 52.8 Å². The molecule has 5 heteroatoms. The van der Waals surface area contributed by atoms with E-state index in [1.807, 2.05) is 19.1 Å². The van der Waals surface area contributed by atoms with E-state index < -0.39 is 5.91 Å². The molecule has 2 amide bonds. The van der Waals surface area contributed by atoms with Gasteiger partial charge in [0.1, 0.15) is 11.5 Å². The molecule has 0 aliphatic carbocycles. The van der Waals surface area contributed by atoms with Gasteiger partial charge >= 0.3 is 0 Å². The standard InChI is InChI=1S/C16H16N2O3/c1-11-5-7-12(8-6-11)15(19)18-14(16(20)17-2)10-13-4-3-9-21-13/h3-10H,1-2H3,(H,17,20)(H,18,19). The van der Waals surface area contributed by atoms with Crippen molar-refractivity contribution in [2.24, 2.45) is 0 Å². The molecule has 2 N–H and O–H groups in total. The van der Waals surface area contributed by atoms with E-state index in [9.17, 15) is 9.59 Å². The summed E-state index contributed by atoms with van der Waals surface area (Å²) in [6.07, 6.45) is 2.97. The van der Waals surface area contributed by atoms with Crippen molar-refractivity contribution >= 4 is 17.9 Å². The topological polar surface area (TPSA) is 71.3 Å². The van der Waals surface area contributed by atoms with Gasteiger partial charge in [-0.15, -0.1) is 0 Å². The zero-order valence-electron chi connectivity index (χ0n) is 11.8. The van der Waals surface area contributed by atoms with Crippen LogP contribution in [-0.2, 0) is 4.79 Å². The average Bonchev–Trinajstić information content (AvgIpc) is 2.99. The number of hydrogen-bond acceptors (Lipinski definition) is 3. The Bertz CT molecular complexity index is 655. The second-order valence-electron chi connectivity index (χ2n) is 4.47. The minimum Gasteiger partial charge on any atom is -0.465 e. The van der Waals surface area contributed by atoms with Gasteiger partial charge in [-0.1, -0.05) is 17.7 Å². The minimum absolute atomic E-state index is 0.123. The van der Waals surface area contributed by atoms with Crippen LogP contribution in [0.3, 0.4) is 0 Å². The smallest absolute Gasteiger partial charge is 0.267 e. The monoisotopic (exact) mass is 284 g/mol. The quantitative estimate of drug-likeness (QED) is 0.845. The Morgan fingerprint density at radius 2 is 1.86 bits per heavy atom. The molecule has 0 fully saturated rings. The van der Waals surface area contributed by atoms with Gasteiger partial charge in [-0.3, -0.25) is 9.59 Å². The molecule has 0 atom stereocenters. The molecule has 2 aromatic rings. The first-order valence-corrected chi connectivity index (χ1v) is 6.45. The number of nitrogens with one attached hydrogen (secondary N) is 2. The van der Waals surface area contributed by atoms with Crippen molar-refractivity contribution < 1.29 is 14.0 Å². The Labute approximate surface area is 122 Å². The fraction of sp³-hybridized carbons (Fsp3) is 0.125. The predicted octanol–water partition coefficient (Wildman–Crippen LogP) is 2.10. The minimum atomic E-state index is -0.396. The Morgan fingerprint density at radius 3 is 2.43 bits per heavy atom. The highest BCUT2D eigenvalue weighted by molar-refractivity contribution is 6.05. The number of likely N-dealkylation sites (N-methyl/N-ethyl adjacent to an activating group) is 1. The van der Waals surface area contributed by atoms with E-state index in [1.54, 1.807) is 24.3 Å². The van der Waals surface area contributed by atoms with Gasteiger partial charge in [-0.25, -0.2) is 0 Å². The molecule has 1 aromatic heterocycles. The van der Waals surface area contributed by atoms with Crippen molar-refractivity contribution in [1.82, 2.24) is 10.6 Å². The summed E-state index contributed by atoms with van der Waals surface area (Å²) in [6, 6.07) is 10.5.